The van der Waals surface area contributed by atoms with E-state index >= 15 is 0 Å². The fraction of sp³-hybridized carbons (Fsp3) is 0.400. The van der Waals surface area contributed by atoms with Crippen LogP contribution in [0, 0.1) is 0 Å². The number of carboxylic acids is 1. The van der Waals surface area contributed by atoms with Crippen molar-refractivity contribution in [2.45, 2.75) is 24.6 Å². The van der Waals surface area contributed by atoms with Crippen molar-refractivity contribution in [3.63, 3.8) is 0 Å². The maximum absolute atomic E-state index is 11.6. The molecule has 0 aromatic carbocycles. The smallest absolute Gasteiger partial charge is 0.320 e. The van der Waals surface area contributed by atoms with Crippen LogP contribution < -0.4 is 11.5 Å². The number of allylic oxidation sites excluding steroid dienone is 2. The molecule has 0 unspecified atom stereocenters. The van der Waals surface area contributed by atoms with Crippen LogP contribution in [-0.2, 0) is 9.59 Å². The molecule has 0 aliphatic heterocycles. The van der Waals surface area contributed by atoms with Gasteiger partial charge in [-0.05, 0) is 0 Å². The summed E-state index contributed by atoms with van der Waals surface area (Å²) >= 11 is 0. The van der Waals surface area contributed by atoms with E-state index in [1.807, 2.05) is 0 Å². The van der Waals surface area contributed by atoms with Gasteiger partial charge in [-0.1, -0.05) is 18.2 Å². The predicted octanol–water partition coefficient (Wildman–Crippen LogP) is -1.11. The van der Waals surface area contributed by atoms with Gasteiger partial charge >= 0.3 is 5.97 Å². The molecular weight excluding hydrogens is 212 g/mol. The van der Waals surface area contributed by atoms with E-state index < -0.39 is 23.5 Å². The highest BCUT2D eigenvalue weighted by Gasteiger charge is 2.33. The van der Waals surface area contributed by atoms with Gasteiger partial charge in [-0.25, -0.2) is 0 Å². The molecule has 0 aromatic heterocycles. The van der Waals surface area contributed by atoms with Crippen LogP contribution in [0.25, 0.3) is 0 Å². The first-order chi connectivity index (χ1) is 7.34. The minimum atomic E-state index is -1.73. The number of hydrogen-bond acceptors (Lipinski definition) is 5. The third-order valence-corrected chi connectivity index (χ3v) is 2.32. The third-order valence-electron chi connectivity index (χ3n) is 2.32. The van der Waals surface area contributed by atoms with Crippen LogP contribution in [0.1, 0.15) is 12.8 Å². The zero-order valence-corrected chi connectivity index (χ0v) is 8.59. The molecule has 6 nitrogen and oxygen atoms in total. The molecule has 1 aliphatic carbocycles. The lowest BCUT2D eigenvalue weighted by atomic mass is 9.90. The molecule has 6 heteroatoms. The summed E-state index contributed by atoms with van der Waals surface area (Å²) in [7, 11) is 0. The number of rotatable bonds is 4. The number of hydrogen-bond donors (Lipinski definition) is 4. The second-order valence-electron chi connectivity index (χ2n) is 3.71. The van der Waals surface area contributed by atoms with Crippen molar-refractivity contribution in [2.75, 3.05) is 0 Å². The van der Waals surface area contributed by atoms with Gasteiger partial charge in [0.1, 0.15) is 11.8 Å². The van der Waals surface area contributed by atoms with Crippen molar-refractivity contribution < 1.29 is 19.8 Å². The molecule has 0 bridgehead atoms. The highest BCUT2D eigenvalue weighted by molar-refractivity contribution is 6.00. The van der Waals surface area contributed by atoms with Crippen molar-refractivity contribution >= 4 is 11.8 Å². The molecule has 0 saturated heterocycles. The number of carbonyl (C=O) groups excluding carboxylic acids is 1. The number of nitrogens with two attached hydrogens (primary N) is 2. The summed E-state index contributed by atoms with van der Waals surface area (Å²) in [6.45, 7) is 0. The van der Waals surface area contributed by atoms with Crippen LogP contribution in [0.3, 0.4) is 0 Å². The summed E-state index contributed by atoms with van der Waals surface area (Å²) in [5.41, 5.74) is 8.99. The van der Waals surface area contributed by atoms with Gasteiger partial charge in [0.2, 0.25) is 0 Å². The topological polar surface area (TPSA) is 127 Å². The maximum Gasteiger partial charge on any atom is 0.320 e. The van der Waals surface area contributed by atoms with Gasteiger partial charge in [-0.2, -0.15) is 0 Å². The Morgan fingerprint density at radius 2 is 2.19 bits per heavy atom. The molecule has 1 rings (SSSR count). The fourth-order valence-electron chi connectivity index (χ4n) is 1.40. The Labute approximate surface area is 92.2 Å². The molecule has 0 saturated carbocycles. The summed E-state index contributed by atoms with van der Waals surface area (Å²) in [4.78, 5) is 22.1. The predicted molar refractivity (Wildman–Crippen MR) is 56.2 cm³/mol. The number of carboxylic acid groups (broad SMARTS) is 1. The molecule has 6 N–H and O–H groups in total. The second kappa shape index (κ2) is 4.56. The van der Waals surface area contributed by atoms with E-state index in [2.05, 4.69) is 0 Å². The molecule has 0 radical (unpaired) electrons. The van der Waals surface area contributed by atoms with E-state index in [1.54, 1.807) is 12.2 Å². The Morgan fingerprint density at radius 3 is 2.69 bits per heavy atom. The average molecular weight is 226 g/mol. The van der Waals surface area contributed by atoms with E-state index in [1.165, 1.54) is 6.08 Å². The summed E-state index contributed by atoms with van der Waals surface area (Å²) in [6.07, 6.45) is 4.32. The lowest BCUT2D eigenvalue weighted by Crippen LogP contribution is -2.46. The van der Waals surface area contributed by atoms with Crippen LogP contribution >= 0.6 is 0 Å². The van der Waals surface area contributed by atoms with Gasteiger partial charge in [-0.15, -0.1) is 0 Å². The number of Topliss-reactive ketones (excluding diaryl/α,β-unsaturated/α-hetero) is 1. The van der Waals surface area contributed by atoms with E-state index in [4.69, 9.17) is 16.6 Å². The quantitative estimate of drug-likeness (QED) is 0.450. The summed E-state index contributed by atoms with van der Waals surface area (Å²) < 4.78 is 0. The highest BCUT2D eigenvalue weighted by Crippen LogP contribution is 2.22. The van der Waals surface area contributed by atoms with Crippen LogP contribution in [-0.4, -0.2) is 33.7 Å². The summed E-state index contributed by atoms with van der Waals surface area (Å²) in [6, 6.07) is -1.28. The van der Waals surface area contributed by atoms with Gasteiger partial charge in [0, 0.05) is 18.4 Å². The van der Waals surface area contributed by atoms with E-state index in [9.17, 15) is 14.7 Å². The molecule has 88 valence electrons. The molecule has 0 spiro atoms. The largest absolute Gasteiger partial charge is 0.480 e. The molecule has 0 heterocycles. The first kappa shape index (κ1) is 12.6. The van der Waals surface area contributed by atoms with Crippen LogP contribution in [0.15, 0.2) is 23.8 Å². The van der Waals surface area contributed by atoms with Gasteiger partial charge in [0.15, 0.2) is 5.78 Å². The minimum absolute atomic E-state index is 0.00769. The fourth-order valence-corrected chi connectivity index (χ4v) is 1.40. The number of ketones is 1. The lowest BCUT2D eigenvalue weighted by molar-refractivity contribution is -0.140. The first-order valence-corrected chi connectivity index (χ1v) is 4.75. The Morgan fingerprint density at radius 1 is 1.56 bits per heavy atom. The third kappa shape index (κ3) is 2.75. The zero-order valence-electron chi connectivity index (χ0n) is 8.59. The summed E-state index contributed by atoms with van der Waals surface area (Å²) in [5, 5.41) is 18.3. The van der Waals surface area contributed by atoms with Crippen molar-refractivity contribution in [1.82, 2.24) is 0 Å². The van der Waals surface area contributed by atoms with Crippen molar-refractivity contribution in [3.8, 4) is 0 Å². The van der Waals surface area contributed by atoms with Crippen molar-refractivity contribution in [3.05, 3.63) is 23.8 Å². The normalized spacial score (nSPS) is 26.1. The van der Waals surface area contributed by atoms with Crippen LogP contribution in [0.5, 0.6) is 0 Å². The molecule has 16 heavy (non-hydrogen) atoms. The summed E-state index contributed by atoms with van der Waals surface area (Å²) in [5.74, 6) is -1.81. The van der Waals surface area contributed by atoms with E-state index in [-0.39, 0.29) is 18.4 Å². The SMILES string of the molecule is N[C@@H](CC(=O)C1=CC=CC[C@@]1(N)O)C(=O)O. The Kier molecular flexibility index (Phi) is 3.58. The lowest BCUT2D eigenvalue weighted by Gasteiger charge is -2.26. The Bertz CT molecular complexity index is 371. The zero-order chi connectivity index (χ0) is 12.3. The van der Waals surface area contributed by atoms with Gasteiger partial charge in [0.05, 0.1) is 0 Å². The molecule has 1 aliphatic rings. The highest BCUT2D eigenvalue weighted by atomic mass is 16.4. The second-order valence-corrected chi connectivity index (χ2v) is 3.71. The Hall–Kier alpha value is -1.50. The van der Waals surface area contributed by atoms with Crippen molar-refractivity contribution in [1.29, 1.82) is 0 Å². The molecule has 0 fully saturated rings. The molecular formula is C10H14N2O4. The standard InChI is InChI=1S/C10H14N2O4/c11-7(9(14)15)5-8(13)6-3-1-2-4-10(6,12)16/h1-3,7,16H,4-5,11-12H2,(H,14,15)/t7-,10+/m0/s1. The number of aliphatic carboxylic acids is 1. The Balaban J connectivity index is 2.77. The average Bonchev–Trinajstić information content (AvgIpc) is 2.16. The van der Waals surface area contributed by atoms with E-state index in [0.29, 0.717) is 0 Å². The van der Waals surface area contributed by atoms with Gasteiger partial charge in [0.25, 0.3) is 0 Å². The van der Waals surface area contributed by atoms with Crippen LogP contribution in [0.2, 0.25) is 0 Å². The first-order valence-electron chi connectivity index (χ1n) is 4.75. The molecule has 0 amide bonds. The number of carbonyl (C=O) groups is 2. The minimum Gasteiger partial charge on any atom is -0.480 e. The maximum atomic E-state index is 11.6. The molecule has 2 atom stereocenters. The number of aliphatic hydroxyl groups is 1. The van der Waals surface area contributed by atoms with E-state index in [0.717, 1.165) is 0 Å². The van der Waals surface area contributed by atoms with Crippen LogP contribution in [0.4, 0.5) is 0 Å². The van der Waals surface area contributed by atoms with Gasteiger partial charge < -0.3 is 15.9 Å². The monoisotopic (exact) mass is 226 g/mol. The molecule has 0 aromatic rings. The van der Waals surface area contributed by atoms with Gasteiger partial charge in [-0.3, -0.25) is 15.3 Å². The van der Waals surface area contributed by atoms with Crippen molar-refractivity contribution in [2.24, 2.45) is 11.5 Å².